The molecule has 0 saturated carbocycles. The van der Waals surface area contributed by atoms with E-state index in [1.54, 1.807) is 0 Å². The van der Waals surface area contributed by atoms with Crippen molar-refractivity contribution in [2.75, 3.05) is 0 Å². The molecule has 0 aromatic heterocycles. The monoisotopic (exact) mass is 304 g/mol. The van der Waals surface area contributed by atoms with Crippen LogP contribution in [0.25, 0.3) is 0 Å². The minimum atomic E-state index is -1.15. The highest BCUT2D eigenvalue weighted by atomic mass is 16.6. The molecule has 2 aliphatic heterocycles. The molecule has 7 heteroatoms. The van der Waals surface area contributed by atoms with Crippen LogP contribution in [0.1, 0.15) is 5.56 Å². The van der Waals surface area contributed by atoms with Crippen LogP contribution in [0, 0.1) is 0 Å². The van der Waals surface area contributed by atoms with E-state index in [1.807, 2.05) is 0 Å². The average molecular weight is 304 g/mol. The molecule has 0 spiro atoms. The summed E-state index contributed by atoms with van der Waals surface area (Å²) < 4.78 is 10.9. The Morgan fingerprint density at radius 2 is 2.05 bits per heavy atom. The van der Waals surface area contributed by atoms with Gasteiger partial charge in [-0.15, -0.1) is 0 Å². The number of ether oxygens (including phenoxy) is 2. The van der Waals surface area contributed by atoms with Gasteiger partial charge < -0.3 is 24.8 Å². The molecule has 0 radical (unpaired) electrons. The highest BCUT2D eigenvalue weighted by Gasteiger charge is 2.39. The quantitative estimate of drug-likeness (QED) is 0.549. The van der Waals surface area contributed by atoms with Gasteiger partial charge in [-0.25, -0.2) is 9.59 Å². The SMILES string of the molecule is O=C(O)/C=C/C1=CC(=O)O[C@H]2Cc3c(O)cc(O)cc3O[C@H]12. The second-order valence-electron chi connectivity index (χ2n) is 4.98. The summed E-state index contributed by atoms with van der Waals surface area (Å²) in [6, 6.07) is 2.52. The first-order valence-corrected chi connectivity index (χ1v) is 6.49. The largest absolute Gasteiger partial charge is 0.508 e. The van der Waals surface area contributed by atoms with Crippen LogP contribution >= 0.6 is 0 Å². The number of aliphatic carboxylic acids is 1. The van der Waals surface area contributed by atoms with Crippen molar-refractivity contribution in [1.29, 1.82) is 0 Å². The predicted octanol–water partition coefficient (Wildman–Crippen LogP) is 0.894. The van der Waals surface area contributed by atoms with Crippen LogP contribution in [0.3, 0.4) is 0 Å². The van der Waals surface area contributed by atoms with Gasteiger partial charge in [-0.05, 0) is 6.08 Å². The number of esters is 1. The van der Waals surface area contributed by atoms with Crippen molar-refractivity contribution in [1.82, 2.24) is 0 Å². The first kappa shape index (κ1) is 14.0. The number of carboxylic acids is 1. The van der Waals surface area contributed by atoms with Gasteiger partial charge in [0, 0.05) is 41.8 Å². The third kappa shape index (κ3) is 2.48. The molecule has 1 aromatic rings. The van der Waals surface area contributed by atoms with Gasteiger partial charge in [0.25, 0.3) is 0 Å². The molecule has 0 unspecified atom stereocenters. The van der Waals surface area contributed by atoms with E-state index < -0.39 is 24.1 Å². The Labute approximate surface area is 124 Å². The number of rotatable bonds is 2. The van der Waals surface area contributed by atoms with Gasteiger partial charge in [0.2, 0.25) is 0 Å². The Bertz CT molecular complexity index is 717. The Hall–Kier alpha value is -2.96. The first-order valence-electron chi connectivity index (χ1n) is 6.49. The van der Waals surface area contributed by atoms with Gasteiger partial charge in [-0.3, -0.25) is 0 Å². The summed E-state index contributed by atoms with van der Waals surface area (Å²) in [6.07, 6.45) is 2.18. The Morgan fingerprint density at radius 3 is 2.77 bits per heavy atom. The number of hydrogen-bond donors (Lipinski definition) is 3. The molecule has 22 heavy (non-hydrogen) atoms. The number of benzene rings is 1. The van der Waals surface area contributed by atoms with E-state index in [0.717, 1.165) is 12.2 Å². The Balaban J connectivity index is 1.98. The average Bonchev–Trinajstić information content (AvgIpc) is 2.43. The number of carboxylic acid groups (broad SMARTS) is 1. The standard InChI is InChI=1S/C15H12O7/c16-8-4-10(17)9-6-12-15(22-11(9)5-8)7(1-2-13(18)19)3-14(20)21-12/h1-5,12,15-17H,6H2,(H,18,19)/b2-1+/t12-,15+/m0/s1. The van der Waals surface area contributed by atoms with Crippen LogP contribution in [0.2, 0.25) is 0 Å². The zero-order valence-electron chi connectivity index (χ0n) is 11.2. The van der Waals surface area contributed by atoms with Crippen LogP contribution < -0.4 is 4.74 Å². The molecule has 0 bridgehead atoms. The Kier molecular flexibility index (Phi) is 3.25. The molecule has 0 saturated heterocycles. The minimum Gasteiger partial charge on any atom is -0.508 e. The predicted molar refractivity (Wildman–Crippen MR) is 72.6 cm³/mol. The summed E-state index contributed by atoms with van der Waals surface area (Å²) in [5.41, 5.74) is 0.785. The lowest BCUT2D eigenvalue weighted by Gasteiger charge is -2.36. The molecule has 0 amide bonds. The van der Waals surface area contributed by atoms with Gasteiger partial charge in [0.1, 0.15) is 23.4 Å². The number of fused-ring (bicyclic) bond motifs is 2. The van der Waals surface area contributed by atoms with Gasteiger partial charge >= 0.3 is 11.9 Å². The topological polar surface area (TPSA) is 113 Å². The molecule has 114 valence electrons. The molecule has 3 rings (SSSR count). The second-order valence-corrected chi connectivity index (χ2v) is 4.98. The number of carbonyl (C=O) groups excluding carboxylic acids is 1. The number of phenolic OH excluding ortho intramolecular Hbond substituents is 2. The van der Waals surface area contributed by atoms with E-state index in [2.05, 4.69) is 0 Å². The number of phenols is 2. The summed E-state index contributed by atoms with van der Waals surface area (Å²) in [5, 5.41) is 28.1. The fourth-order valence-corrected chi connectivity index (χ4v) is 2.55. The number of hydrogen-bond acceptors (Lipinski definition) is 6. The van der Waals surface area contributed by atoms with Crippen LogP contribution in [0.15, 0.2) is 35.9 Å². The molecular weight excluding hydrogens is 292 g/mol. The van der Waals surface area contributed by atoms with Gasteiger partial charge in [-0.2, -0.15) is 0 Å². The van der Waals surface area contributed by atoms with Crippen molar-refractivity contribution in [2.45, 2.75) is 18.6 Å². The third-order valence-electron chi connectivity index (χ3n) is 3.47. The lowest BCUT2D eigenvalue weighted by molar-refractivity contribution is -0.149. The molecule has 0 aliphatic carbocycles. The van der Waals surface area contributed by atoms with Crippen molar-refractivity contribution in [3.63, 3.8) is 0 Å². The maximum atomic E-state index is 11.6. The molecule has 3 N–H and O–H groups in total. The lowest BCUT2D eigenvalue weighted by atomic mass is 9.92. The number of aromatic hydroxyl groups is 2. The van der Waals surface area contributed by atoms with E-state index in [9.17, 15) is 19.8 Å². The third-order valence-corrected chi connectivity index (χ3v) is 3.47. The van der Waals surface area contributed by atoms with Crippen molar-refractivity contribution >= 4 is 11.9 Å². The van der Waals surface area contributed by atoms with E-state index in [-0.39, 0.29) is 23.7 Å². The fourth-order valence-electron chi connectivity index (χ4n) is 2.55. The summed E-state index contributed by atoms with van der Waals surface area (Å²) in [5.74, 6) is -1.79. The van der Waals surface area contributed by atoms with Gasteiger partial charge in [-0.1, -0.05) is 0 Å². The molecule has 2 atom stereocenters. The van der Waals surface area contributed by atoms with Gasteiger partial charge in [0.05, 0.1) is 0 Å². The van der Waals surface area contributed by atoms with Crippen LogP contribution in [-0.2, 0) is 20.7 Å². The zero-order valence-corrected chi connectivity index (χ0v) is 11.2. The highest BCUT2D eigenvalue weighted by molar-refractivity contribution is 5.86. The molecule has 2 aliphatic rings. The highest BCUT2D eigenvalue weighted by Crippen LogP contribution is 2.40. The molecular formula is C15H12O7. The normalized spacial score (nSPS) is 23.1. The summed E-state index contributed by atoms with van der Waals surface area (Å²) >= 11 is 0. The molecule has 0 fully saturated rings. The summed E-state index contributed by atoms with van der Waals surface area (Å²) in [7, 11) is 0. The summed E-state index contributed by atoms with van der Waals surface area (Å²) in [6.45, 7) is 0. The number of carbonyl (C=O) groups is 2. The van der Waals surface area contributed by atoms with E-state index in [0.29, 0.717) is 11.1 Å². The van der Waals surface area contributed by atoms with Crippen LogP contribution in [0.5, 0.6) is 17.2 Å². The van der Waals surface area contributed by atoms with E-state index in [1.165, 1.54) is 18.2 Å². The second kappa shape index (κ2) is 5.10. The molecule has 1 aromatic carbocycles. The maximum absolute atomic E-state index is 11.6. The lowest BCUT2D eigenvalue weighted by Crippen LogP contribution is -2.44. The summed E-state index contributed by atoms with van der Waals surface area (Å²) in [4.78, 5) is 22.2. The minimum absolute atomic E-state index is 0.151. The smallest absolute Gasteiger partial charge is 0.331 e. The zero-order chi connectivity index (χ0) is 15.9. The van der Waals surface area contributed by atoms with Gasteiger partial charge in [0.15, 0.2) is 6.10 Å². The van der Waals surface area contributed by atoms with Crippen LogP contribution in [0.4, 0.5) is 0 Å². The molecule has 2 heterocycles. The van der Waals surface area contributed by atoms with Crippen molar-refractivity contribution in [3.8, 4) is 17.2 Å². The van der Waals surface area contributed by atoms with E-state index >= 15 is 0 Å². The first-order chi connectivity index (χ1) is 10.4. The maximum Gasteiger partial charge on any atom is 0.331 e. The van der Waals surface area contributed by atoms with Crippen molar-refractivity contribution in [3.05, 3.63) is 41.5 Å². The van der Waals surface area contributed by atoms with Crippen molar-refractivity contribution in [2.24, 2.45) is 0 Å². The van der Waals surface area contributed by atoms with E-state index in [4.69, 9.17) is 14.6 Å². The molecule has 7 nitrogen and oxygen atoms in total. The fraction of sp³-hybridized carbons (Fsp3) is 0.200. The Morgan fingerprint density at radius 1 is 1.27 bits per heavy atom. The van der Waals surface area contributed by atoms with Crippen LogP contribution in [-0.4, -0.2) is 39.5 Å². The van der Waals surface area contributed by atoms with Crippen molar-refractivity contribution < 1.29 is 34.4 Å².